The summed E-state index contributed by atoms with van der Waals surface area (Å²) < 4.78 is 5.14. The Morgan fingerprint density at radius 1 is 1.35 bits per heavy atom. The van der Waals surface area contributed by atoms with E-state index in [1.54, 1.807) is 30.3 Å². The van der Waals surface area contributed by atoms with Gasteiger partial charge in [-0.15, -0.1) is 0 Å². The number of benzene rings is 1. The highest BCUT2D eigenvalue weighted by atomic mass is 16.5. The number of hydrogen-bond donors (Lipinski definition) is 3. The second-order valence-electron chi connectivity index (χ2n) is 4.57. The molecular weight excluding hydrogens is 296 g/mol. The number of anilines is 1. The summed E-state index contributed by atoms with van der Waals surface area (Å²) >= 11 is 0. The van der Waals surface area contributed by atoms with Crippen molar-refractivity contribution in [3.8, 4) is 6.07 Å². The molecule has 23 heavy (non-hydrogen) atoms. The molecule has 0 unspecified atom stereocenters. The molecule has 7 nitrogen and oxygen atoms in total. The van der Waals surface area contributed by atoms with Gasteiger partial charge in [-0.1, -0.05) is 0 Å². The Morgan fingerprint density at radius 2 is 2.04 bits per heavy atom. The van der Waals surface area contributed by atoms with E-state index in [0.717, 1.165) is 6.20 Å². The van der Waals surface area contributed by atoms with Crippen LogP contribution in [0.25, 0.3) is 0 Å². The molecule has 122 valence electrons. The molecule has 0 aliphatic rings. The first kappa shape index (κ1) is 18.2. The van der Waals surface area contributed by atoms with Gasteiger partial charge < -0.3 is 21.1 Å². The van der Waals surface area contributed by atoms with Gasteiger partial charge in [-0.3, -0.25) is 9.59 Å². The van der Waals surface area contributed by atoms with Gasteiger partial charge in [0, 0.05) is 37.2 Å². The van der Waals surface area contributed by atoms with Crippen LogP contribution in [0.4, 0.5) is 5.69 Å². The summed E-state index contributed by atoms with van der Waals surface area (Å²) in [6.07, 6.45) is 1.74. The Balaban J connectivity index is 2.51. The molecule has 2 amide bonds. The molecule has 0 atom stereocenters. The van der Waals surface area contributed by atoms with Crippen molar-refractivity contribution < 1.29 is 14.3 Å². The second kappa shape index (κ2) is 9.97. The van der Waals surface area contributed by atoms with Crippen LogP contribution in [0.5, 0.6) is 0 Å². The topological polar surface area (TPSA) is 117 Å². The molecule has 1 aromatic rings. The van der Waals surface area contributed by atoms with E-state index in [2.05, 4.69) is 10.6 Å². The van der Waals surface area contributed by atoms with Crippen LogP contribution in [0.1, 0.15) is 23.7 Å². The number of carbonyl (C=O) groups excluding carboxylic acids is 2. The zero-order chi connectivity index (χ0) is 17.1. The van der Waals surface area contributed by atoms with Crippen molar-refractivity contribution in [2.24, 2.45) is 0 Å². The fourth-order valence-corrected chi connectivity index (χ4v) is 1.62. The molecule has 0 aromatic heterocycles. The fourth-order valence-electron chi connectivity index (χ4n) is 1.62. The maximum Gasteiger partial charge on any atom is 0.263 e. The number of carbonyl (C=O) groups is 2. The molecule has 0 saturated carbocycles. The number of hydrogen-bond acceptors (Lipinski definition) is 5. The van der Waals surface area contributed by atoms with Gasteiger partial charge in [0.05, 0.1) is 0 Å². The summed E-state index contributed by atoms with van der Waals surface area (Å²) in [5.74, 6) is -0.969. The summed E-state index contributed by atoms with van der Waals surface area (Å²) in [6.45, 7) is 3.44. The highest BCUT2D eigenvalue weighted by Crippen LogP contribution is 2.05. The first-order chi connectivity index (χ1) is 11.1. The van der Waals surface area contributed by atoms with E-state index >= 15 is 0 Å². The van der Waals surface area contributed by atoms with E-state index in [1.807, 2.05) is 6.92 Å². The van der Waals surface area contributed by atoms with Gasteiger partial charge in [0.25, 0.3) is 11.8 Å². The average molecular weight is 316 g/mol. The number of rotatable bonds is 8. The maximum absolute atomic E-state index is 11.9. The Hall–Kier alpha value is -2.85. The lowest BCUT2D eigenvalue weighted by Crippen LogP contribution is -2.28. The summed E-state index contributed by atoms with van der Waals surface area (Å²) in [4.78, 5) is 23.7. The Kier molecular flexibility index (Phi) is 7.89. The van der Waals surface area contributed by atoms with E-state index in [-0.39, 0.29) is 5.57 Å². The lowest BCUT2D eigenvalue weighted by molar-refractivity contribution is -0.117. The molecule has 7 heteroatoms. The van der Waals surface area contributed by atoms with Gasteiger partial charge in [0.1, 0.15) is 11.6 Å². The van der Waals surface area contributed by atoms with Gasteiger partial charge in [-0.05, 0) is 37.6 Å². The summed E-state index contributed by atoms with van der Waals surface area (Å²) in [7, 11) is 0. The van der Waals surface area contributed by atoms with Crippen LogP contribution >= 0.6 is 0 Å². The number of nitrogens with one attached hydrogen (secondary N) is 2. The van der Waals surface area contributed by atoms with E-state index < -0.39 is 11.8 Å². The normalized spacial score (nSPS) is 10.7. The highest BCUT2D eigenvalue weighted by Gasteiger charge is 2.09. The lowest BCUT2D eigenvalue weighted by Gasteiger charge is -2.05. The highest BCUT2D eigenvalue weighted by molar-refractivity contribution is 5.99. The molecule has 1 rings (SSSR count). The van der Waals surface area contributed by atoms with Crippen molar-refractivity contribution in [1.82, 2.24) is 10.6 Å². The zero-order valence-electron chi connectivity index (χ0n) is 13.0. The number of nitrogen functional groups attached to an aromatic ring is 1. The standard InChI is InChI=1S/C16H20N4O3/c1-2-23-9-3-8-19-16(22)13(10-17)11-20-15(21)12-4-6-14(18)7-5-12/h4-7,11H,2-3,8-9,18H2,1H3,(H,19,22)(H,20,21)/b13-11-. The van der Waals surface area contributed by atoms with E-state index in [4.69, 9.17) is 15.7 Å². The predicted octanol–water partition coefficient (Wildman–Crippen LogP) is 0.949. The number of amides is 2. The second-order valence-corrected chi connectivity index (χ2v) is 4.57. The molecule has 0 heterocycles. The van der Waals surface area contributed by atoms with Crippen LogP contribution in [0.3, 0.4) is 0 Å². The third-order valence-electron chi connectivity index (χ3n) is 2.84. The van der Waals surface area contributed by atoms with Crippen molar-refractivity contribution in [2.75, 3.05) is 25.5 Å². The zero-order valence-corrected chi connectivity index (χ0v) is 13.0. The number of nitriles is 1. The van der Waals surface area contributed by atoms with E-state index in [9.17, 15) is 9.59 Å². The van der Waals surface area contributed by atoms with Crippen LogP contribution in [-0.4, -0.2) is 31.6 Å². The number of nitrogens with two attached hydrogens (primary N) is 1. The predicted molar refractivity (Wildman–Crippen MR) is 86.1 cm³/mol. The van der Waals surface area contributed by atoms with Gasteiger partial charge in [-0.2, -0.15) is 5.26 Å². The van der Waals surface area contributed by atoms with Gasteiger partial charge in [0.15, 0.2) is 0 Å². The SMILES string of the molecule is CCOCCCNC(=O)/C(C#N)=C\NC(=O)c1ccc(N)cc1. The smallest absolute Gasteiger partial charge is 0.263 e. The van der Waals surface area contributed by atoms with E-state index in [0.29, 0.717) is 37.4 Å². The van der Waals surface area contributed by atoms with Crippen LogP contribution in [0.2, 0.25) is 0 Å². The van der Waals surface area contributed by atoms with Gasteiger partial charge in [0.2, 0.25) is 0 Å². The summed E-state index contributed by atoms with van der Waals surface area (Å²) in [5, 5.41) is 14.0. The van der Waals surface area contributed by atoms with Gasteiger partial charge in [-0.25, -0.2) is 0 Å². The molecule has 0 saturated heterocycles. The number of nitrogens with zero attached hydrogens (tertiary/aromatic N) is 1. The monoisotopic (exact) mass is 316 g/mol. The Morgan fingerprint density at radius 3 is 2.65 bits per heavy atom. The molecular formula is C16H20N4O3. The van der Waals surface area contributed by atoms with Gasteiger partial charge >= 0.3 is 0 Å². The van der Waals surface area contributed by atoms with Crippen LogP contribution in [0, 0.1) is 11.3 Å². The van der Waals surface area contributed by atoms with Crippen molar-refractivity contribution in [1.29, 1.82) is 5.26 Å². The fraction of sp³-hybridized carbons (Fsp3) is 0.312. The van der Waals surface area contributed by atoms with Crippen LogP contribution < -0.4 is 16.4 Å². The van der Waals surface area contributed by atoms with Crippen molar-refractivity contribution >= 4 is 17.5 Å². The lowest BCUT2D eigenvalue weighted by atomic mass is 10.2. The van der Waals surface area contributed by atoms with Crippen molar-refractivity contribution in [2.45, 2.75) is 13.3 Å². The molecule has 0 aliphatic carbocycles. The largest absolute Gasteiger partial charge is 0.399 e. The molecule has 0 fully saturated rings. The molecule has 0 aliphatic heterocycles. The third kappa shape index (κ3) is 6.63. The quantitative estimate of drug-likeness (QED) is 0.286. The minimum absolute atomic E-state index is 0.176. The van der Waals surface area contributed by atoms with Crippen LogP contribution in [-0.2, 0) is 9.53 Å². The van der Waals surface area contributed by atoms with Crippen molar-refractivity contribution in [3.05, 3.63) is 41.6 Å². The third-order valence-corrected chi connectivity index (χ3v) is 2.84. The van der Waals surface area contributed by atoms with Crippen LogP contribution in [0.15, 0.2) is 36.0 Å². The molecule has 0 spiro atoms. The van der Waals surface area contributed by atoms with Crippen molar-refractivity contribution in [3.63, 3.8) is 0 Å². The maximum atomic E-state index is 11.9. The summed E-state index contributed by atoms with van der Waals surface area (Å²) in [6, 6.07) is 8.05. The molecule has 0 bridgehead atoms. The summed E-state index contributed by atoms with van der Waals surface area (Å²) in [5.41, 5.74) is 6.29. The minimum atomic E-state index is -0.540. The first-order valence-electron chi connectivity index (χ1n) is 7.21. The molecule has 0 radical (unpaired) electrons. The average Bonchev–Trinajstić information content (AvgIpc) is 2.55. The first-order valence-corrected chi connectivity index (χ1v) is 7.21. The van der Waals surface area contributed by atoms with E-state index in [1.165, 1.54) is 0 Å². The Bertz CT molecular complexity index is 603. The molecule has 1 aromatic carbocycles. The molecule has 4 N–H and O–H groups in total. The Labute approximate surface area is 135 Å². The number of ether oxygens (including phenoxy) is 1. The minimum Gasteiger partial charge on any atom is -0.399 e.